The summed E-state index contributed by atoms with van der Waals surface area (Å²) < 4.78 is 1.15. The maximum absolute atomic E-state index is 12.5. The van der Waals surface area contributed by atoms with Crippen molar-refractivity contribution in [2.75, 3.05) is 10.6 Å². The summed E-state index contributed by atoms with van der Waals surface area (Å²) in [6.45, 7) is 0. The summed E-state index contributed by atoms with van der Waals surface area (Å²) >= 11 is 1.65. The van der Waals surface area contributed by atoms with Gasteiger partial charge in [0.15, 0.2) is 0 Å². The molecular formula is C24H19N3O2S. The van der Waals surface area contributed by atoms with Crippen LogP contribution in [0.4, 0.5) is 11.4 Å². The minimum absolute atomic E-state index is 0.0559. The van der Waals surface area contributed by atoms with E-state index < -0.39 is 0 Å². The summed E-state index contributed by atoms with van der Waals surface area (Å²) in [5.41, 5.74) is 3.98. The van der Waals surface area contributed by atoms with E-state index in [4.69, 9.17) is 0 Å². The first-order valence-corrected chi connectivity index (χ1v) is 10.7. The van der Waals surface area contributed by atoms with Crippen LogP contribution in [0.5, 0.6) is 0 Å². The number of nitrogens with one attached hydrogen (secondary N) is 2. The van der Waals surface area contributed by atoms with E-state index in [9.17, 15) is 9.59 Å². The molecule has 30 heavy (non-hydrogen) atoms. The fraction of sp³-hybridized carbons (Fsp3) is 0.125. The number of anilines is 2. The van der Waals surface area contributed by atoms with Gasteiger partial charge in [0.2, 0.25) is 5.91 Å². The van der Waals surface area contributed by atoms with E-state index in [-0.39, 0.29) is 17.7 Å². The molecule has 0 bridgehead atoms. The van der Waals surface area contributed by atoms with E-state index >= 15 is 0 Å². The van der Waals surface area contributed by atoms with Crippen LogP contribution in [0, 0.1) is 5.92 Å². The van der Waals surface area contributed by atoms with Crippen molar-refractivity contribution in [3.8, 4) is 10.6 Å². The molecule has 2 amide bonds. The number of hydrogen-bond acceptors (Lipinski definition) is 4. The number of carbonyl (C=O) groups is 2. The van der Waals surface area contributed by atoms with Crippen molar-refractivity contribution in [3.05, 3.63) is 78.4 Å². The zero-order valence-electron chi connectivity index (χ0n) is 16.1. The minimum Gasteiger partial charge on any atom is -0.326 e. The molecule has 0 radical (unpaired) electrons. The van der Waals surface area contributed by atoms with Gasteiger partial charge in [-0.25, -0.2) is 4.98 Å². The van der Waals surface area contributed by atoms with E-state index in [0.717, 1.165) is 39.3 Å². The fourth-order valence-electron chi connectivity index (χ4n) is 3.19. The van der Waals surface area contributed by atoms with Crippen molar-refractivity contribution in [2.45, 2.75) is 12.8 Å². The molecule has 0 unspecified atom stereocenters. The Balaban J connectivity index is 1.25. The Bertz CT molecular complexity index is 1190. The van der Waals surface area contributed by atoms with Gasteiger partial charge in [-0.2, -0.15) is 0 Å². The van der Waals surface area contributed by atoms with Crippen LogP contribution < -0.4 is 10.6 Å². The van der Waals surface area contributed by atoms with Gasteiger partial charge in [-0.05, 0) is 73.5 Å². The molecule has 5 rings (SSSR count). The Kier molecular flexibility index (Phi) is 4.77. The summed E-state index contributed by atoms with van der Waals surface area (Å²) in [6, 6.07) is 22.7. The van der Waals surface area contributed by atoms with Crippen LogP contribution >= 0.6 is 11.3 Å². The number of benzene rings is 3. The maximum atomic E-state index is 12.5. The molecule has 1 aliphatic rings. The van der Waals surface area contributed by atoms with Crippen molar-refractivity contribution in [1.82, 2.24) is 4.98 Å². The second kappa shape index (κ2) is 7.72. The lowest BCUT2D eigenvalue weighted by molar-refractivity contribution is -0.117. The molecule has 1 aliphatic carbocycles. The number of carbonyl (C=O) groups excluding carboxylic acids is 2. The van der Waals surface area contributed by atoms with Crippen molar-refractivity contribution < 1.29 is 9.59 Å². The molecule has 5 nitrogen and oxygen atoms in total. The third-order valence-electron chi connectivity index (χ3n) is 5.05. The summed E-state index contributed by atoms with van der Waals surface area (Å²) in [4.78, 5) is 29.0. The van der Waals surface area contributed by atoms with Crippen LogP contribution in [0.2, 0.25) is 0 Å². The molecule has 148 valence electrons. The zero-order chi connectivity index (χ0) is 20.5. The molecule has 0 spiro atoms. The molecular weight excluding hydrogens is 394 g/mol. The molecule has 1 saturated carbocycles. The second-order valence-electron chi connectivity index (χ2n) is 7.36. The van der Waals surface area contributed by atoms with Gasteiger partial charge in [-0.1, -0.05) is 12.1 Å². The van der Waals surface area contributed by atoms with Crippen LogP contribution in [0.3, 0.4) is 0 Å². The van der Waals surface area contributed by atoms with Crippen molar-refractivity contribution in [2.24, 2.45) is 5.92 Å². The van der Waals surface area contributed by atoms with Gasteiger partial charge in [0.25, 0.3) is 5.91 Å². The number of aromatic nitrogens is 1. The second-order valence-corrected chi connectivity index (χ2v) is 8.39. The Morgan fingerprint density at radius 3 is 2.20 bits per heavy atom. The van der Waals surface area contributed by atoms with Crippen molar-refractivity contribution >= 4 is 44.7 Å². The number of hydrogen-bond donors (Lipinski definition) is 2. The van der Waals surface area contributed by atoms with Gasteiger partial charge < -0.3 is 10.6 Å². The van der Waals surface area contributed by atoms with Gasteiger partial charge >= 0.3 is 0 Å². The first-order chi connectivity index (χ1) is 14.7. The molecule has 1 aromatic heterocycles. The fourth-order valence-corrected chi connectivity index (χ4v) is 4.16. The van der Waals surface area contributed by atoms with Crippen LogP contribution in [-0.4, -0.2) is 16.8 Å². The average Bonchev–Trinajstić information content (AvgIpc) is 3.53. The predicted molar refractivity (Wildman–Crippen MR) is 121 cm³/mol. The molecule has 1 fully saturated rings. The zero-order valence-corrected chi connectivity index (χ0v) is 16.9. The van der Waals surface area contributed by atoms with Gasteiger partial charge in [-0.3, -0.25) is 9.59 Å². The third kappa shape index (κ3) is 3.95. The van der Waals surface area contributed by atoms with Crippen LogP contribution in [-0.2, 0) is 4.79 Å². The Morgan fingerprint density at radius 2 is 1.50 bits per heavy atom. The Morgan fingerprint density at radius 1 is 0.833 bits per heavy atom. The van der Waals surface area contributed by atoms with Gasteiger partial charge in [-0.15, -0.1) is 11.3 Å². The van der Waals surface area contributed by atoms with E-state index in [2.05, 4.69) is 21.7 Å². The highest BCUT2D eigenvalue weighted by Crippen LogP contribution is 2.31. The normalized spacial score (nSPS) is 13.2. The predicted octanol–water partition coefficient (Wildman–Crippen LogP) is 5.56. The van der Waals surface area contributed by atoms with Gasteiger partial charge in [0.1, 0.15) is 5.01 Å². The SMILES string of the molecule is O=C(Nc1ccc(-c2nc3ccccc3s2)cc1)c1ccc(NC(=O)C2CC2)cc1. The van der Waals surface area contributed by atoms with Gasteiger partial charge in [0, 0.05) is 28.4 Å². The standard InChI is InChI=1S/C24H19N3O2S/c28-22(15-5-6-15)25-18-11-7-16(8-12-18)23(29)26-19-13-9-17(10-14-19)24-27-20-3-1-2-4-21(20)30-24/h1-4,7-15H,5-6H2,(H,25,28)(H,26,29). The maximum Gasteiger partial charge on any atom is 0.255 e. The molecule has 3 aromatic carbocycles. The molecule has 0 saturated heterocycles. The number of thiazole rings is 1. The largest absolute Gasteiger partial charge is 0.326 e. The Hall–Kier alpha value is -3.51. The summed E-state index contributed by atoms with van der Waals surface area (Å²) in [5, 5.41) is 6.74. The Labute approximate surface area is 177 Å². The van der Waals surface area contributed by atoms with E-state index in [1.54, 1.807) is 35.6 Å². The van der Waals surface area contributed by atoms with Crippen molar-refractivity contribution in [3.63, 3.8) is 0 Å². The highest BCUT2D eigenvalue weighted by Gasteiger charge is 2.29. The topological polar surface area (TPSA) is 71.1 Å². The minimum atomic E-state index is -0.192. The highest BCUT2D eigenvalue weighted by molar-refractivity contribution is 7.21. The molecule has 4 aromatic rings. The number of fused-ring (bicyclic) bond motifs is 1. The lowest BCUT2D eigenvalue weighted by Crippen LogP contribution is -2.14. The van der Waals surface area contributed by atoms with Crippen LogP contribution in [0.15, 0.2) is 72.8 Å². The molecule has 0 aliphatic heterocycles. The lowest BCUT2D eigenvalue weighted by atomic mass is 10.1. The molecule has 2 N–H and O–H groups in total. The number of para-hydroxylation sites is 1. The summed E-state index contributed by atoms with van der Waals surface area (Å²) in [6.07, 6.45) is 1.92. The smallest absolute Gasteiger partial charge is 0.255 e. The van der Waals surface area contributed by atoms with E-state index in [0.29, 0.717) is 11.3 Å². The average molecular weight is 414 g/mol. The quantitative estimate of drug-likeness (QED) is 0.450. The molecule has 0 atom stereocenters. The first kappa shape index (κ1) is 18.5. The monoisotopic (exact) mass is 413 g/mol. The number of amides is 2. The number of nitrogens with zero attached hydrogens (tertiary/aromatic N) is 1. The number of rotatable bonds is 5. The van der Waals surface area contributed by atoms with Crippen LogP contribution in [0.1, 0.15) is 23.2 Å². The van der Waals surface area contributed by atoms with E-state index in [1.807, 2.05) is 42.5 Å². The van der Waals surface area contributed by atoms with Gasteiger partial charge in [0.05, 0.1) is 10.2 Å². The van der Waals surface area contributed by atoms with E-state index in [1.165, 1.54) is 0 Å². The highest BCUT2D eigenvalue weighted by atomic mass is 32.1. The van der Waals surface area contributed by atoms with Crippen molar-refractivity contribution in [1.29, 1.82) is 0 Å². The first-order valence-electron chi connectivity index (χ1n) is 9.84. The summed E-state index contributed by atoms with van der Waals surface area (Å²) in [7, 11) is 0. The summed E-state index contributed by atoms with van der Waals surface area (Å²) in [5.74, 6) is 0.0157. The van der Waals surface area contributed by atoms with Crippen LogP contribution in [0.25, 0.3) is 20.8 Å². The third-order valence-corrected chi connectivity index (χ3v) is 6.13. The molecule has 1 heterocycles. The molecule has 6 heteroatoms. The lowest BCUT2D eigenvalue weighted by Gasteiger charge is -2.08.